The molecule has 3 aliphatic heterocycles. The number of aryl methyl sites for hydroxylation is 1. The van der Waals surface area contributed by atoms with Crippen LogP contribution in [0.4, 0.5) is 0 Å². The highest BCUT2D eigenvalue weighted by Gasteiger charge is 2.27. The number of rotatable bonds is 4. The molecule has 0 aromatic carbocycles. The minimum atomic E-state index is -0.00664. The average Bonchev–Trinajstić information content (AvgIpc) is 3.30. The molecule has 1 fully saturated rings. The molecule has 0 aliphatic carbocycles. The standard InChI is InChI=1S/C20H27N5O2/c26-20-10-15-14-27-9-6-18(15)22-25(20)13-16-4-3-7-23(16)12-17-11-21-19-5-1-2-8-24(17)19/h10-11,16H,1-9,12-14H2. The Morgan fingerprint density at radius 3 is 3.11 bits per heavy atom. The van der Waals surface area contributed by atoms with Gasteiger partial charge in [-0.15, -0.1) is 0 Å². The monoisotopic (exact) mass is 369 g/mol. The molecule has 1 saturated heterocycles. The molecule has 5 rings (SSSR count). The summed E-state index contributed by atoms with van der Waals surface area (Å²) in [4.78, 5) is 19.6. The van der Waals surface area contributed by atoms with Crippen LogP contribution in [0.1, 0.15) is 48.5 Å². The zero-order valence-corrected chi connectivity index (χ0v) is 15.8. The lowest BCUT2D eigenvalue weighted by Crippen LogP contribution is -2.38. The molecule has 2 aromatic rings. The largest absolute Gasteiger partial charge is 0.376 e. The van der Waals surface area contributed by atoms with Gasteiger partial charge in [0.15, 0.2) is 0 Å². The van der Waals surface area contributed by atoms with Gasteiger partial charge in [-0.1, -0.05) is 0 Å². The van der Waals surface area contributed by atoms with Crippen molar-refractivity contribution in [2.45, 2.75) is 70.8 Å². The third-order valence-corrected chi connectivity index (χ3v) is 6.21. The van der Waals surface area contributed by atoms with Gasteiger partial charge in [0.2, 0.25) is 0 Å². The van der Waals surface area contributed by atoms with Gasteiger partial charge < -0.3 is 9.30 Å². The van der Waals surface area contributed by atoms with E-state index in [0.29, 0.717) is 25.8 Å². The van der Waals surface area contributed by atoms with Gasteiger partial charge in [0, 0.05) is 49.8 Å². The van der Waals surface area contributed by atoms with Crippen molar-refractivity contribution >= 4 is 0 Å². The number of hydrogen-bond donors (Lipinski definition) is 0. The first kappa shape index (κ1) is 17.1. The summed E-state index contributed by atoms with van der Waals surface area (Å²) >= 11 is 0. The van der Waals surface area contributed by atoms with E-state index in [1.54, 1.807) is 10.7 Å². The first-order chi connectivity index (χ1) is 13.3. The first-order valence-corrected chi connectivity index (χ1v) is 10.2. The highest BCUT2D eigenvalue weighted by atomic mass is 16.5. The van der Waals surface area contributed by atoms with Gasteiger partial charge in [-0.3, -0.25) is 9.69 Å². The molecule has 1 unspecified atom stereocenters. The summed E-state index contributed by atoms with van der Waals surface area (Å²) in [7, 11) is 0. The van der Waals surface area contributed by atoms with E-state index in [0.717, 1.165) is 50.2 Å². The molecule has 1 atom stereocenters. The van der Waals surface area contributed by atoms with Crippen LogP contribution in [-0.4, -0.2) is 43.4 Å². The van der Waals surface area contributed by atoms with Crippen molar-refractivity contribution in [1.82, 2.24) is 24.2 Å². The second-order valence-electron chi connectivity index (χ2n) is 7.98. The molecule has 3 aliphatic rings. The molecule has 0 saturated carbocycles. The number of likely N-dealkylation sites (tertiary alicyclic amines) is 1. The van der Waals surface area contributed by atoms with Crippen molar-refractivity contribution in [3.8, 4) is 0 Å². The Hall–Kier alpha value is -1.99. The van der Waals surface area contributed by atoms with E-state index in [-0.39, 0.29) is 5.56 Å². The number of hydrogen-bond acceptors (Lipinski definition) is 5. The predicted octanol–water partition coefficient (Wildman–Crippen LogP) is 1.51. The van der Waals surface area contributed by atoms with Crippen molar-refractivity contribution in [2.75, 3.05) is 13.2 Å². The Bertz CT molecular complexity index is 887. The summed E-state index contributed by atoms with van der Waals surface area (Å²) in [6.45, 7) is 4.98. The molecule has 7 heteroatoms. The molecular weight excluding hydrogens is 342 g/mol. The van der Waals surface area contributed by atoms with Crippen LogP contribution < -0.4 is 5.56 Å². The van der Waals surface area contributed by atoms with E-state index < -0.39 is 0 Å². The van der Waals surface area contributed by atoms with Gasteiger partial charge in [-0.25, -0.2) is 9.67 Å². The average molecular weight is 369 g/mol. The molecule has 2 aromatic heterocycles. The molecular formula is C20H27N5O2. The lowest BCUT2D eigenvalue weighted by molar-refractivity contribution is 0.107. The number of fused-ring (bicyclic) bond motifs is 2. The van der Waals surface area contributed by atoms with Crippen molar-refractivity contribution in [2.24, 2.45) is 0 Å². The topological polar surface area (TPSA) is 65.2 Å². The predicted molar refractivity (Wildman–Crippen MR) is 100 cm³/mol. The van der Waals surface area contributed by atoms with Gasteiger partial charge in [0.05, 0.1) is 31.1 Å². The van der Waals surface area contributed by atoms with E-state index in [1.807, 2.05) is 0 Å². The number of aromatic nitrogens is 4. The number of nitrogens with zero attached hydrogens (tertiary/aromatic N) is 5. The smallest absolute Gasteiger partial charge is 0.267 e. The van der Waals surface area contributed by atoms with Crippen LogP contribution in [0.3, 0.4) is 0 Å². The third kappa shape index (κ3) is 3.34. The van der Waals surface area contributed by atoms with E-state index in [2.05, 4.69) is 25.7 Å². The van der Waals surface area contributed by atoms with Crippen LogP contribution in [0.25, 0.3) is 0 Å². The maximum absolute atomic E-state index is 12.5. The summed E-state index contributed by atoms with van der Waals surface area (Å²) in [6, 6.07) is 2.08. The van der Waals surface area contributed by atoms with Crippen LogP contribution in [0, 0.1) is 0 Å². The molecule has 0 spiro atoms. The van der Waals surface area contributed by atoms with E-state index in [1.165, 1.54) is 30.8 Å². The minimum Gasteiger partial charge on any atom is -0.376 e. The molecule has 0 radical (unpaired) electrons. The lowest BCUT2D eigenvalue weighted by atomic mass is 10.1. The molecule has 7 nitrogen and oxygen atoms in total. The molecule has 5 heterocycles. The molecule has 0 bridgehead atoms. The summed E-state index contributed by atoms with van der Waals surface area (Å²) in [5, 5.41) is 4.66. The van der Waals surface area contributed by atoms with Crippen molar-refractivity contribution in [3.63, 3.8) is 0 Å². The van der Waals surface area contributed by atoms with Gasteiger partial charge in [-0.05, 0) is 32.2 Å². The van der Waals surface area contributed by atoms with Gasteiger partial charge >= 0.3 is 0 Å². The van der Waals surface area contributed by atoms with Crippen LogP contribution in [-0.2, 0) is 43.8 Å². The molecule has 0 amide bonds. The quantitative estimate of drug-likeness (QED) is 0.817. The Labute approximate surface area is 159 Å². The third-order valence-electron chi connectivity index (χ3n) is 6.21. The molecule has 144 valence electrons. The summed E-state index contributed by atoms with van der Waals surface area (Å²) in [6.07, 6.45) is 8.75. The highest BCUT2D eigenvalue weighted by Crippen LogP contribution is 2.23. The van der Waals surface area contributed by atoms with Crippen LogP contribution >= 0.6 is 0 Å². The van der Waals surface area contributed by atoms with E-state index >= 15 is 0 Å². The Balaban J connectivity index is 1.33. The zero-order chi connectivity index (χ0) is 18.2. The minimum absolute atomic E-state index is 0.00664. The van der Waals surface area contributed by atoms with Crippen molar-refractivity contribution in [3.05, 3.63) is 45.4 Å². The first-order valence-electron chi connectivity index (χ1n) is 10.2. The fraction of sp³-hybridized carbons (Fsp3) is 0.650. The summed E-state index contributed by atoms with van der Waals surface area (Å²) < 4.78 is 9.53. The Morgan fingerprint density at radius 2 is 2.15 bits per heavy atom. The van der Waals surface area contributed by atoms with Crippen LogP contribution in [0.15, 0.2) is 17.1 Å². The van der Waals surface area contributed by atoms with Crippen molar-refractivity contribution < 1.29 is 4.74 Å². The second kappa shape index (κ2) is 7.20. The van der Waals surface area contributed by atoms with Crippen molar-refractivity contribution in [1.29, 1.82) is 0 Å². The Morgan fingerprint density at radius 1 is 1.19 bits per heavy atom. The number of imidazole rings is 1. The van der Waals surface area contributed by atoms with E-state index in [9.17, 15) is 4.79 Å². The van der Waals surface area contributed by atoms with Gasteiger partial charge in [0.1, 0.15) is 5.82 Å². The van der Waals surface area contributed by atoms with Crippen LogP contribution in [0.5, 0.6) is 0 Å². The summed E-state index contributed by atoms with van der Waals surface area (Å²) in [5.41, 5.74) is 3.29. The maximum Gasteiger partial charge on any atom is 0.267 e. The zero-order valence-electron chi connectivity index (χ0n) is 15.8. The highest BCUT2D eigenvalue weighted by molar-refractivity contribution is 5.18. The summed E-state index contributed by atoms with van der Waals surface area (Å²) in [5.74, 6) is 1.24. The maximum atomic E-state index is 12.5. The van der Waals surface area contributed by atoms with Gasteiger partial charge in [0.25, 0.3) is 5.56 Å². The fourth-order valence-corrected chi connectivity index (χ4v) is 4.71. The normalized spacial score (nSPS) is 22.6. The molecule has 27 heavy (non-hydrogen) atoms. The second-order valence-corrected chi connectivity index (χ2v) is 7.98. The number of ether oxygens (including phenoxy) is 1. The van der Waals surface area contributed by atoms with Gasteiger partial charge in [-0.2, -0.15) is 5.10 Å². The van der Waals surface area contributed by atoms with E-state index in [4.69, 9.17) is 4.74 Å². The molecule has 0 N–H and O–H groups in total. The lowest BCUT2D eigenvalue weighted by Gasteiger charge is -2.26. The SMILES string of the molecule is O=c1cc2c(nn1CC1CCCN1Cc1cnc3n1CCCC3)CCOC2. The fourth-order valence-electron chi connectivity index (χ4n) is 4.71. The van der Waals surface area contributed by atoms with Crippen LogP contribution in [0.2, 0.25) is 0 Å². The Kier molecular flexibility index (Phi) is 4.57.